The first-order valence-corrected chi connectivity index (χ1v) is 6.96. The average molecular weight is 309 g/mol. The molecule has 0 radical (unpaired) electrons. The van der Waals surface area contributed by atoms with E-state index in [9.17, 15) is 4.79 Å². The monoisotopic (exact) mass is 308 g/mol. The zero-order valence-corrected chi connectivity index (χ0v) is 13.0. The fourth-order valence-corrected chi connectivity index (χ4v) is 2.11. The molecule has 0 spiro atoms. The Morgan fingerprint density at radius 2 is 2.06 bits per heavy atom. The lowest BCUT2D eigenvalue weighted by Crippen LogP contribution is -2.34. The van der Waals surface area contributed by atoms with E-state index >= 15 is 0 Å². The van der Waals surface area contributed by atoms with Crippen LogP contribution in [-0.2, 0) is 4.79 Å². The van der Waals surface area contributed by atoms with Crippen molar-refractivity contribution in [2.45, 2.75) is 24.8 Å². The van der Waals surface area contributed by atoms with E-state index in [1.807, 2.05) is 25.3 Å². The Bertz CT molecular complexity index is 413. The average Bonchev–Trinajstić information content (AvgIpc) is 2.28. The van der Waals surface area contributed by atoms with E-state index in [1.165, 1.54) is 0 Å². The van der Waals surface area contributed by atoms with Gasteiger partial charge in [0, 0.05) is 16.6 Å². The molecule has 0 aromatic heterocycles. The van der Waals surface area contributed by atoms with Crippen molar-refractivity contribution in [3.05, 3.63) is 23.2 Å². The largest absolute Gasteiger partial charge is 0.327 e. The van der Waals surface area contributed by atoms with Crippen molar-refractivity contribution in [3.63, 3.8) is 0 Å². The maximum absolute atomic E-state index is 11.8. The SMILES string of the molecule is CSc1ccc(NC(=O)C(C)C(C)N)cc1Cl.Cl. The van der Waals surface area contributed by atoms with Crippen molar-refractivity contribution >= 4 is 47.4 Å². The van der Waals surface area contributed by atoms with Gasteiger partial charge in [0.2, 0.25) is 5.91 Å². The van der Waals surface area contributed by atoms with Crippen LogP contribution >= 0.6 is 35.8 Å². The fourth-order valence-electron chi connectivity index (χ4n) is 1.24. The molecular formula is C12H18Cl2N2OS. The van der Waals surface area contributed by atoms with Crippen LogP contribution in [0.25, 0.3) is 0 Å². The molecule has 1 rings (SSSR count). The van der Waals surface area contributed by atoms with Gasteiger partial charge < -0.3 is 11.1 Å². The summed E-state index contributed by atoms with van der Waals surface area (Å²) in [6, 6.07) is 5.30. The normalized spacial score (nSPS) is 13.4. The summed E-state index contributed by atoms with van der Waals surface area (Å²) in [7, 11) is 0. The Labute approximate surface area is 123 Å². The van der Waals surface area contributed by atoms with Crippen molar-refractivity contribution in [3.8, 4) is 0 Å². The highest BCUT2D eigenvalue weighted by molar-refractivity contribution is 7.98. The summed E-state index contributed by atoms with van der Waals surface area (Å²) in [6.07, 6.45) is 1.96. The zero-order chi connectivity index (χ0) is 13.0. The summed E-state index contributed by atoms with van der Waals surface area (Å²) in [4.78, 5) is 12.8. The first kappa shape index (κ1) is 17.6. The van der Waals surface area contributed by atoms with Crippen LogP contribution in [0.3, 0.4) is 0 Å². The maximum Gasteiger partial charge on any atom is 0.228 e. The molecule has 0 saturated carbocycles. The van der Waals surface area contributed by atoms with Gasteiger partial charge in [-0.1, -0.05) is 18.5 Å². The third-order valence-electron chi connectivity index (χ3n) is 2.62. The van der Waals surface area contributed by atoms with Crippen LogP contribution in [0.2, 0.25) is 5.02 Å². The number of hydrogen-bond donors (Lipinski definition) is 2. The van der Waals surface area contributed by atoms with E-state index in [-0.39, 0.29) is 30.3 Å². The Kier molecular flexibility index (Phi) is 7.71. The second kappa shape index (κ2) is 7.89. The fraction of sp³-hybridized carbons (Fsp3) is 0.417. The zero-order valence-electron chi connectivity index (χ0n) is 10.6. The lowest BCUT2D eigenvalue weighted by atomic mass is 10.0. The summed E-state index contributed by atoms with van der Waals surface area (Å²) >= 11 is 7.63. The summed E-state index contributed by atoms with van der Waals surface area (Å²) in [5.41, 5.74) is 6.38. The topological polar surface area (TPSA) is 55.1 Å². The van der Waals surface area contributed by atoms with Crippen molar-refractivity contribution < 1.29 is 4.79 Å². The van der Waals surface area contributed by atoms with Crippen molar-refractivity contribution in [2.24, 2.45) is 11.7 Å². The Morgan fingerprint density at radius 3 is 2.50 bits per heavy atom. The van der Waals surface area contributed by atoms with Crippen LogP contribution in [0.15, 0.2) is 23.1 Å². The van der Waals surface area contributed by atoms with Crippen LogP contribution in [0.4, 0.5) is 5.69 Å². The molecule has 0 saturated heterocycles. The number of carbonyl (C=O) groups is 1. The van der Waals surface area contributed by atoms with E-state index < -0.39 is 0 Å². The van der Waals surface area contributed by atoms with Crippen LogP contribution in [0.1, 0.15) is 13.8 Å². The molecule has 3 N–H and O–H groups in total. The van der Waals surface area contributed by atoms with Gasteiger partial charge in [0.15, 0.2) is 0 Å². The highest BCUT2D eigenvalue weighted by Gasteiger charge is 2.17. The first-order chi connectivity index (χ1) is 7.95. The molecule has 0 heterocycles. The smallest absolute Gasteiger partial charge is 0.228 e. The minimum absolute atomic E-state index is 0. The molecule has 0 aliphatic rings. The molecule has 102 valence electrons. The molecule has 1 amide bonds. The van der Waals surface area contributed by atoms with Crippen LogP contribution in [-0.4, -0.2) is 18.2 Å². The number of carbonyl (C=O) groups excluding carboxylic acids is 1. The number of halogens is 2. The van der Waals surface area contributed by atoms with E-state index in [0.717, 1.165) is 4.90 Å². The predicted molar refractivity (Wildman–Crippen MR) is 81.9 cm³/mol. The quantitative estimate of drug-likeness (QED) is 0.838. The summed E-state index contributed by atoms with van der Waals surface area (Å²) in [5, 5.41) is 3.44. The molecule has 0 aliphatic heterocycles. The number of nitrogens with two attached hydrogens (primary N) is 1. The maximum atomic E-state index is 11.8. The second-order valence-corrected chi connectivity index (χ2v) is 5.24. The van der Waals surface area contributed by atoms with Gasteiger partial charge in [0.25, 0.3) is 0 Å². The van der Waals surface area contributed by atoms with Gasteiger partial charge in [-0.2, -0.15) is 0 Å². The number of amides is 1. The van der Waals surface area contributed by atoms with Gasteiger partial charge in [-0.15, -0.1) is 24.2 Å². The number of thioether (sulfide) groups is 1. The molecule has 1 aromatic rings. The molecule has 1 aromatic carbocycles. The molecule has 6 heteroatoms. The number of rotatable bonds is 4. The summed E-state index contributed by atoms with van der Waals surface area (Å²) < 4.78 is 0. The molecule has 3 nitrogen and oxygen atoms in total. The van der Waals surface area contributed by atoms with E-state index in [0.29, 0.717) is 10.7 Å². The van der Waals surface area contributed by atoms with E-state index in [1.54, 1.807) is 24.8 Å². The van der Waals surface area contributed by atoms with Gasteiger partial charge in [-0.05, 0) is 31.4 Å². The predicted octanol–water partition coefficient (Wildman–Crippen LogP) is 3.41. The molecule has 0 aliphatic carbocycles. The second-order valence-electron chi connectivity index (χ2n) is 3.99. The van der Waals surface area contributed by atoms with E-state index in [4.69, 9.17) is 17.3 Å². The summed E-state index contributed by atoms with van der Waals surface area (Å²) in [6.45, 7) is 3.62. The third kappa shape index (κ3) is 4.69. The number of anilines is 1. The Balaban J connectivity index is 0.00000289. The molecular weight excluding hydrogens is 291 g/mol. The molecule has 2 unspecified atom stereocenters. The van der Waals surface area contributed by atoms with Crippen molar-refractivity contribution in [1.82, 2.24) is 0 Å². The van der Waals surface area contributed by atoms with Gasteiger partial charge in [-0.3, -0.25) is 4.79 Å². The van der Waals surface area contributed by atoms with Crippen LogP contribution in [0.5, 0.6) is 0 Å². The molecule has 0 fully saturated rings. The first-order valence-electron chi connectivity index (χ1n) is 5.35. The minimum Gasteiger partial charge on any atom is -0.327 e. The lowest BCUT2D eigenvalue weighted by Gasteiger charge is -2.15. The Morgan fingerprint density at radius 1 is 1.44 bits per heavy atom. The highest BCUT2D eigenvalue weighted by Crippen LogP contribution is 2.28. The number of benzene rings is 1. The minimum atomic E-state index is -0.228. The van der Waals surface area contributed by atoms with Crippen LogP contribution < -0.4 is 11.1 Å². The van der Waals surface area contributed by atoms with Crippen molar-refractivity contribution in [2.75, 3.05) is 11.6 Å². The lowest BCUT2D eigenvalue weighted by molar-refractivity contribution is -0.119. The molecule has 0 bridgehead atoms. The molecule has 2 atom stereocenters. The van der Waals surface area contributed by atoms with Crippen LogP contribution in [0, 0.1) is 5.92 Å². The van der Waals surface area contributed by atoms with Gasteiger partial charge in [0.05, 0.1) is 10.9 Å². The van der Waals surface area contributed by atoms with E-state index in [2.05, 4.69) is 5.32 Å². The Hall–Kier alpha value is -0.420. The van der Waals surface area contributed by atoms with Gasteiger partial charge in [-0.25, -0.2) is 0 Å². The highest BCUT2D eigenvalue weighted by atomic mass is 35.5. The number of hydrogen-bond acceptors (Lipinski definition) is 3. The third-order valence-corrected chi connectivity index (χ3v) is 3.84. The standard InChI is InChI=1S/C12H17ClN2OS.ClH/c1-7(8(2)14)12(16)15-9-4-5-11(17-3)10(13)6-9;/h4-8H,14H2,1-3H3,(H,15,16);1H. The molecule has 18 heavy (non-hydrogen) atoms. The van der Waals surface area contributed by atoms with Crippen molar-refractivity contribution in [1.29, 1.82) is 0 Å². The number of nitrogens with one attached hydrogen (secondary N) is 1. The summed E-state index contributed by atoms with van der Waals surface area (Å²) in [5.74, 6) is -0.318. The van der Waals surface area contributed by atoms with Gasteiger partial charge >= 0.3 is 0 Å². The van der Waals surface area contributed by atoms with Gasteiger partial charge in [0.1, 0.15) is 0 Å².